The normalized spacial score (nSPS) is 12.2. The van der Waals surface area contributed by atoms with Crippen LogP contribution in [0.2, 0.25) is 0 Å². The topological polar surface area (TPSA) is 54.0 Å². The fourth-order valence-corrected chi connectivity index (χ4v) is 1.66. The first-order valence-electron chi connectivity index (χ1n) is 5.24. The predicted octanol–water partition coefficient (Wildman–Crippen LogP) is 1.46. The molecule has 0 spiro atoms. The number of hydrogen-bond donors (Lipinski definition) is 2. The molecule has 88 valence electrons. The number of pyridine rings is 1. The van der Waals surface area contributed by atoms with Crippen molar-refractivity contribution in [1.82, 2.24) is 15.6 Å². The van der Waals surface area contributed by atoms with Crippen molar-refractivity contribution in [3.05, 3.63) is 28.5 Å². The summed E-state index contributed by atoms with van der Waals surface area (Å²) in [7, 11) is 0. The molecule has 16 heavy (non-hydrogen) atoms. The number of carbonyl (C=O) groups is 1. The van der Waals surface area contributed by atoms with E-state index in [9.17, 15) is 4.79 Å². The smallest absolute Gasteiger partial charge is 0.236 e. The average molecular weight is 286 g/mol. The zero-order chi connectivity index (χ0) is 12.0. The number of nitrogens with one attached hydrogen (secondary N) is 2. The molecule has 0 bridgehead atoms. The Balaban J connectivity index is 2.42. The lowest BCUT2D eigenvalue weighted by Crippen LogP contribution is -2.41. The van der Waals surface area contributed by atoms with Gasteiger partial charge in [-0.05, 0) is 41.4 Å². The molecular weight excluding hydrogens is 270 g/mol. The van der Waals surface area contributed by atoms with Crippen LogP contribution in [0.25, 0.3) is 0 Å². The van der Waals surface area contributed by atoms with Crippen molar-refractivity contribution in [2.45, 2.75) is 26.4 Å². The van der Waals surface area contributed by atoms with Gasteiger partial charge in [-0.1, -0.05) is 0 Å². The lowest BCUT2D eigenvalue weighted by molar-refractivity contribution is -0.122. The molecule has 0 saturated heterocycles. The molecule has 2 N–H and O–H groups in total. The van der Waals surface area contributed by atoms with E-state index in [1.54, 1.807) is 12.4 Å². The van der Waals surface area contributed by atoms with E-state index in [4.69, 9.17) is 0 Å². The molecule has 1 unspecified atom stereocenters. The first-order chi connectivity index (χ1) is 7.63. The second-order valence-electron chi connectivity index (χ2n) is 3.51. The summed E-state index contributed by atoms with van der Waals surface area (Å²) in [5.74, 6) is 0.0189. The van der Waals surface area contributed by atoms with Crippen LogP contribution in [0, 0.1) is 0 Å². The lowest BCUT2D eigenvalue weighted by Gasteiger charge is -2.13. The SMILES string of the molecule is CCNC(=O)C(C)NCc1cncc(Br)c1. The number of hydrogen-bond acceptors (Lipinski definition) is 3. The van der Waals surface area contributed by atoms with Gasteiger partial charge in [-0.15, -0.1) is 0 Å². The summed E-state index contributed by atoms with van der Waals surface area (Å²) in [6.07, 6.45) is 3.51. The van der Waals surface area contributed by atoms with Gasteiger partial charge >= 0.3 is 0 Å². The van der Waals surface area contributed by atoms with Gasteiger partial charge in [0.1, 0.15) is 0 Å². The summed E-state index contributed by atoms with van der Waals surface area (Å²) in [6.45, 7) is 5.04. The van der Waals surface area contributed by atoms with E-state index in [0.717, 1.165) is 10.0 Å². The number of likely N-dealkylation sites (N-methyl/N-ethyl adjacent to an activating group) is 1. The molecule has 5 heteroatoms. The predicted molar refractivity (Wildman–Crippen MR) is 66.9 cm³/mol. The Kier molecular flexibility index (Phi) is 5.42. The summed E-state index contributed by atoms with van der Waals surface area (Å²) in [5.41, 5.74) is 1.05. The van der Waals surface area contributed by atoms with Gasteiger partial charge in [0.15, 0.2) is 0 Å². The average Bonchev–Trinajstić information content (AvgIpc) is 2.26. The number of halogens is 1. The highest BCUT2D eigenvalue weighted by atomic mass is 79.9. The van der Waals surface area contributed by atoms with Gasteiger partial charge < -0.3 is 10.6 Å². The summed E-state index contributed by atoms with van der Waals surface area (Å²) >= 11 is 3.35. The molecule has 1 amide bonds. The molecule has 0 radical (unpaired) electrons. The lowest BCUT2D eigenvalue weighted by atomic mass is 10.2. The second-order valence-corrected chi connectivity index (χ2v) is 4.42. The third-order valence-corrected chi connectivity index (χ3v) is 2.55. The molecule has 1 rings (SSSR count). The van der Waals surface area contributed by atoms with Gasteiger partial charge in [-0.2, -0.15) is 0 Å². The van der Waals surface area contributed by atoms with E-state index in [0.29, 0.717) is 13.1 Å². The molecule has 0 fully saturated rings. The maximum absolute atomic E-state index is 11.4. The number of aromatic nitrogens is 1. The Labute approximate surface area is 104 Å². The van der Waals surface area contributed by atoms with Crippen molar-refractivity contribution in [2.24, 2.45) is 0 Å². The number of rotatable bonds is 5. The first-order valence-corrected chi connectivity index (χ1v) is 6.03. The molecule has 1 aromatic rings. The van der Waals surface area contributed by atoms with Crippen molar-refractivity contribution >= 4 is 21.8 Å². The summed E-state index contributed by atoms with van der Waals surface area (Å²) in [6, 6.07) is 1.78. The van der Waals surface area contributed by atoms with Crippen molar-refractivity contribution in [1.29, 1.82) is 0 Å². The van der Waals surface area contributed by atoms with Crippen LogP contribution < -0.4 is 10.6 Å². The molecule has 4 nitrogen and oxygen atoms in total. The van der Waals surface area contributed by atoms with Crippen molar-refractivity contribution in [2.75, 3.05) is 6.54 Å². The Hall–Kier alpha value is -0.940. The number of amides is 1. The fourth-order valence-electron chi connectivity index (χ4n) is 1.24. The van der Waals surface area contributed by atoms with Gasteiger partial charge in [-0.3, -0.25) is 9.78 Å². The van der Waals surface area contributed by atoms with Crippen LogP contribution in [-0.4, -0.2) is 23.5 Å². The summed E-state index contributed by atoms with van der Waals surface area (Å²) in [4.78, 5) is 15.5. The van der Waals surface area contributed by atoms with E-state index in [1.807, 2.05) is 19.9 Å². The van der Waals surface area contributed by atoms with Crippen LogP contribution in [-0.2, 0) is 11.3 Å². The molecule has 0 aliphatic rings. The molecule has 0 aromatic carbocycles. The minimum Gasteiger partial charge on any atom is -0.355 e. The molecule has 0 aliphatic heterocycles. The maximum Gasteiger partial charge on any atom is 0.236 e. The highest BCUT2D eigenvalue weighted by Crippen LogP contribution is 2.09. The highest BCUT2D eigenvalue weighted by molar-refractivity contribution is 9.10. The minimum absolute atomic E-state index is 0.0189. The Morgan fingerprint density at radius 3 is 2.94 bits per heavy atom. The first kappa shape index (κ1) is 13.1. The molecule has 0 aliphatic carbocycles. The fraction of sp³-hybridized carbons (Fsp3) is 0.455. The van der Waals surface area contributed by atoms with Crippen molar-refractivity contribution in [3.63, 3.8) is 0 Å². The molecular formula is C11H16BrN3O. The minimum atomic E-state index is -0.195. The molecule has 1 heterocycles. The van der Waals surface area contributed by atoms with E-state index < -0.39 is 0 Å². The molecule has 1 aromatic heterocycles. The standard InChI is InChI=1S/C11H16BrN3O/c1-3-14-11(16)8(2)15-6-9-4-10(12)7-13-5-9/h4-5,7-8,15H,3,6H2,1-2H3,(H,14,16). The Bertz CT molecular complexity index is 357. The van der Waals surface area contributed by atoms with Crippen LogP contribution in [0.3, 0.4) is 0 Å². The van der Waals surface area contributed by atoms with Gasteiger partial charge in [-0.25, -0.2) is 0 Å². The molecule has 1 atom stereocenters. The van der Waals surface area contributed by atoms with E-state index in [-0.39, 0.29) is 11.9 Å². The summed E-state index contributed by atoms with van der Waals surface area (Å²) in [5, 5.41) is 5.90. The van der Waals surface area contributed by atoms with E-state index >= 15 is 0 Å². The highest BCUT2D eigenvalue weighted by Gasteiger charge is 2.10. The van der Waals surface area contributed by atoms with Gasteiger partial charge in [0.2, 0.25) is 5.91 Å². The van der Waals surface area contributed by atoms with E-state index in [2.05, 4.69) is 31.5 Å². The molecule has 0 saturated carbocycles. The Morgan fingerprint density at radius 1 is 1.56 bits per heavy atom. The van der Waals surface area contributed by atoms with Crippen LogP contribution >= 0.6 is 15.9 Å². The third-order valence-electron chi connectivity index (χ3n) is 2.12. The van der Waals surface area contributed by atoms with Crippen LogP contribution in [0.15, 0.2) is 22.9 Å². The monoisotopic (exact) mass is 285 g/mol. The van der Waals surface area contributed by atoms with Crippen LogP contribution in [0.4, 0.5) is 0 Å². The van der Waals surface area contributed by atoms with Gasteiger partial charge in [0.25, 0.3) is 0 Å². The third kappa shape index (κ3) is 4.28. The van der Waals surface area contributed by atoms with Crippen molar-refractivity contribution < 1.29 is 4.79 Å². The summed E-state index contributed by atoms with van der Waals surface area (Å²) < 4.78 is 0.942. The second kappa shape index (κ2) is 6.60. The van der Waals surface area contributed by atoms with E-state index in [1.165, 1.54) is 0 Å². The van der Waals surface area contributed by atoms with Crippen LogP contribution in [0.1, 0.15) is 19.4 Å². The zero-order valence-corrected chi connectivity index (χ0v) is 11.0. The zero-order valence-electron chi connectivity index (χ0n) is 9.46. The number of nitrogens with zero attached hydrogens (tertiary/aromatic N) is 1. The van der Waals surface area contributed by atoms with Crippen molar-refractivity contribution in [3.8, 4) is 0 Å². The number of carbonyl (C=O) groups excluding carboxylic acids is 1. The van der Waals surface area contributed by atoms with Gasteiger partial charge in [0.05, 0.1) is 6.04 Å². The Morgan fingerprint density at radius 2 is 2.31 bits per heavy atom. The largest absolute Gasteiger partial charge is 0.355 e. The van der Waals surface area contributed by atoms with Crippen LogP contribution in [0.5, 0.6) is 0 Å². The van der Waals surface area contributed by atoms with Gasteiger partial charge in [0, 0.05) is 30.0 Å². The quantitative estimate of drug-likeness (QED) is 0.861. The maximum atomic E-state index is 11.4.